The molecule has 0 amide bonds. The largest absolute Gasteiger partial charge is 0.371 e. The number of anilines is 4. The molecule has 1 aliphatic rings. The Balaban J connectivity index is 1.35. The molecule has 1 unspecified atom stereocenters. The maximum Gasteiger partial charge on any atom is 0.229 e. The van der Waals surface area contributed by atoms with Crippen LogP contribution in [0.1, 0.15) is 17.2 Å². The lowest BCUT2D eigenvalue weighted by atomic mass is 10.1. The number of fused-ring (bicyclic) bond motifs is 1. The number of nitrogens with one attached hydrogen (secondary N) is 3. The first-order chi connectivity index (χ1) is 15.7. The highest BCUT2D eigenvalue weighted by atomic mass is 19.1. The van der Waals surface area contributed by atoms with Crippen LogP contribution in [0.5, 0.6) is 0 Å². The lowest BCUT2D eigenvalue weighted by Crippen LogP contribution is -2.33. The van der Waals surface area contributed by atoms with Crippen LogP contribution in [-0.2, 0) is 4.74 Å². The number of rotatable bonds is 5. The summed E-state index contributed by atoms with van der Waals surface area (Å²) in [5, 5.41) is 18.8. The van der Waals surface area contributed by atoms with Gasteiger partial charge in [0.05, 0.1) is 30.1 Å². The number of aryl methyl sites for hydroxylation is 1. The first-order valence-corrected chi connectivity index (χ1v) is 10.4. The average Bonchev–Trinajstić information content (AvgIpc) is 2.81. The fourth-order valence-electron chi connectivity index (χ4n) is 3.71. The van der Waals surface area contributed by atoms with Crippen LogP contribution in [0.4, 0.5) is 27.5 Å². The van der Waals surface area contributed by atoms with Gasteiger partial charge in [-0.1, -0.05) is 24.3 Å². The molecule has 2 aromatic carbocycles. The molecule has 3 heterocycles. The Morgan fingerprint density at radius 3 is 2.94 bits per heavy atom. The van der Waals surface area contributed by atoms with Gasteiger partial charge in [0.1, 0.15) is 11.6 Å². The van der Waals surface area contributed by atoms with Crippen LogP contribution >= 0.6 is 0 Å². The molecule has 0 saturated carbocycles. The Hall–Kier alpha value is -3.69. The van der Waals surface area contributed by atoms with E-state index in [4.69, 9.17) is 4.74 Å². The molecule has 0 bridgehead atoms. The van der Waals surface area contributed by atoms with Crippen molar-refractivity contribution in [2.45, 2.75) is 13.0 Å². The Bertz CT molecular complexity index is 1260. The molecular formula is C23H22FN7O. The van der Waals surface area contributed by atoms with E-state index in [-0.39, 0.29) is 11.9 Å². The second kappa shape index (κ2) is 8.81. The molecule has 3 N–H and O–H groups in total. The van der Waals surface area contributed by atoms with Gasteiger partial charge >= 0.3 is 0 Å². The van der Waals surface area contributed by atoms with Gasteiger partial charge in [0.25, 0.3) is 0 Å². The minimum Gasteiger partial charge on any atom is -0.371 e. The summed E-state index contributed by atoms with van der Waals surface area (Å²) in [5.74, 6) is 0.597. The van der Waals surface area contributed by atoms with E-state index >= 15 is 0 Å². The normalized spacial score (nSPS) is 16.1. The molecule has 8 nitrogen and oxygen atoms in total. The second-order valence-corrected chi connectivity index (χ2v) is 7.54. The van der Waals surface area contributed by atoms with Crippen LogP contribution in [-0.4, -0.2) is 39.9 Å². The summed E-state index contributed by atoms with van der Waals surface area (Å²) in [4.78, 5) is 8.74. The zero-order valence-corrected chi connectivity index (χ0v) is 17.5. The third kappa shape index (κ3) is 4.20. The summed E-state index contributed by atoms with van der Waals surface area (Å²) in [6, 6.07) is 12.7. The molecule has 2 aromatic heterocycles. The average molecular weight is 431 g/mol. The lowest BCUT2D eigenvalue weighted by Gasteiger charge is -2.24. The Morgan fingerprint density at radius 2 is 2.09 bits per heavy atom. The van der Waals surface area contributed by atoms with Crippen molar-refractivity contribution in [3.63, 3.8) is 0 Å². The molecule has 0 radical (unpaired) electrons. The molecule has 4 aromatic rings. The van der Waals surface area contributed by atoms with Gasteiger partial charge in [0.2, 0.25) is 5.95 Å². The van der Waals surface area contributed by atoms with Gasteiger partial charge in [-0.3, -0.25) is 0 Å². The second-order valence-electron chi connectivity index (χ2n) is 7.54. The van der Waals surface area contributed by atoms with Gasteiger partial charge in [0.15, 0.2) is 0 Å². The van der Waals surface area contributed by atoms with Gasteiger partial charge in [0, 0.05) is 35.9 Å². The summed E-state index contributed by atoms with van der Waals surface area (Å²) in [5.41, 5.74) is 3.76. The van der Waals surface area contributed by atoms with Crippen LogP contribution in [0, 0.1) is 12.7 Å². The number of morpholine rings is 1. The highest BCUT2D eigenvalue weighted by molar-refractivity contribution is 5.93. The van der Waals surface area contributed by atoms with Crippen molar-refractivity contribution in [3.8, 4) is 0 Å². The van der Waals surface area contributed by atoms with E-state index in [1.807, 2.05) is 25.1 Å². The summed E-state index contributed by atoms with van der Waals surface area (Å²) >= 11 is 0. The predicted octanol–water partition coefficient (Wildman–Crippen LogP) is 4.02. The van der Waals surface area contributed by atoms with Gasteiger partial charge < -0.3 is 20.7 Å². The van der Waals surface area contributed by atoms with Gasteiger partial charge in [-0.15, -0.1) is 0 Å². The van der Waals surface area contributed by atoms with Crippen LogP contribution in [0.2, 0.25) is 0 Å². The molecule has 1 saturated heterocycles. The summed E-state index contributed by atoms with van der Waals surface area (Å²) in [6.07, 6.45) is 3.01. The van der Waals surface area contributed by atoms with E-state index in [0.717, 1.165) is 28.7 Å². The zero-order chi connectivity index (χ0) is 21.9. The van der Waals surface area contributed by atoms with Crippen molar-refractivity contribution in [1.82, 2.24) is 25.5 Å². The number of hydrogen-bond acceptors (Lipinski definition) is 8. The fraction of sp³-hybridized carbons (Fsp3) is 0.217. The quantitative estimate of drug-likeness (QED) is 0.436. The minimum absolute atomic E-state index is 0.283. The molecule has 9 heteroatoms. The van der Waals surface area contributed by atoms with Crippen LogP contribution in [0.25, 0.3) is 10.9 Å². The maximum absolute atomic E-state index is 14.7. The molecule has 32 heavy (non-hydrogen) atoms. The van der Waals surface area contributed by atoms with Crippen LogP contribution in [0.3, 0.4) is 0 Å². The van der Waals surface area contributed by atoms with E-state index in [2.05, 4.69) is 36.1 Å². The number of benzene rings is 2. The van der Waals surface area contributed by atoms with Crippen molar-refractivity contribution >= 4 is 34.0 Å². The molecule has 162 valence electrons. The lowest BCUT2D eigenvalue weighted by molar-refractivity contribution is 0.0255. The number of aromatic nitrogens is 4. The van der Waals surface area contributed by atoms with Crippen molar-refractivity contribution in [3.05, 3.63) is 71.8 Å². The molecule has 1 atom stereocenters. The zero-order valence-electron chi connectivity index (χ0n) is 17.5. The van der Waals surface area contributed by atoms with E-state index in [1.165, 1.54) is 6.07 Å². The summed E-state index contributed by atoms with van der Waals surface area (Å²) < 4.78 is 20.3. The Labute approximate surface area is 184 Å². The summed E-state index contributed by atoms with van der Waals surface area (Å²) in [7, 11) is 0. The molecule has 1 aliphatic heterocycles. The molecule has 1 fully saturated rings. The van der Waals surface area contributed by atoms with E-state index in [0.29, 0.717) is 36.2 Å². The van der Waals surface area contributed by atoms with E-state index < -0.39 is 0 Å². The number of halogens is 1. The number of nitrogens with zero attached hydrogens (tertiary/aromatic N) is 4. The van der Waals surface area contributed by atoms with Gasteiger partial charge in [-0.05, 0) is 30.7 Å². The maximum atomic E-state index is 14.7. The van der Waals surface area contributed by atoms with Crippen LogP contribution in [0.15, 0.2) is 54.9 Å². The monoisotopic (exact) mass is 431 g/mol. The first-order valence-electron chi connectivity index (χ1n) is 10.4. The summed E-state index contributed by atoms with van der Waals surface area (Å²) in [6.45, 7) is 3.94. The predicted molar refractivity (Wildman–Crippen MR) is 121 cm³/mol. The number of ether oxygens (including phenoxy) is 1. The third-order valence-electron chi connectivity index (χ3n) is 5.32. The first kappa shape index (κ1) is 20.2. The van der Waals surface area contributed by atoms with E-state index in [9.17, 15) is 4.39 Å². The highest BCUT2D eigenvalue weighted by Crippen LogP contribution is 2.27. The SMILES string of the molecule is Cc1cccc2c(Nc3ccnc(Nc4ccc(C5CNCCO5)c(F)c4)n3)cnnc12. The third-order valence-corrected chi connectivity index (χ3v) is 5.32. The van der Waals surface area contributed by atoms with E-state index in [1.54, 1.807) is 30.6 Å². The molecular weight excluding hydrogens is 409 g/mol. The van der Waals surface area contributed by atoms with Crippen molar-refractivity contribution < 1.29 is 9.13 Å². The van der Waals surface area contributed by atoms with Gasteiger partial charge in [-0.2, -0.15) is 15.2 Å². The topological polar surface area (TPSA) is 96.9 Å². The van der Waals surface area contributed by atoms with Crippen LogP contribution < -0.4 is 16.0 Å². The standard InChI is InChI=1S/C23H22FN7O/c1-14-3-2-4-17-19(12-27-31-22(14)17)29-21-7-8-26-23(30-21)28-15-5-6-16(18(24)11-15)20-13-25-9-10-32-20/h2-8,11-12,20,25H,9-10,13H2,1H3,(H2,26,28,29,30,31). The molecule has 0 spiro atoms. The minimum atomic E-state index is -0.331. The highest BCUT2D eigenvalue weighted by Gasteiger charge is 2.19. The van der Waals surface area contributed by atoms with Crippen molar-refractivity contribution in [1.29, 1.82) is 0 Å². The smallest absolute Gasteiger partial charge is 0.229 e. The Kier molecular flexibility index (Phi) is 5.57. The fourth-order valence-corrected chi connectivity index (χ4v) is 3.71. The van der Waals surface area contributed by atoms with Crippen molar-refractivity contribution in [2.75, 3.05) is 30.3 Å². The Morgan fingerprint density at radius 1 is 1.16 bits per heavy atom. The van der Waals surface area contributed by atoms with Crippen molar-refractivity contribution in [2.24, 2.45) is 0 Å². The number of hydrogen-bond donors (Lipinski definition) is 3. The molecule has 5 rings (SSSR count). The molecule has 0 aliphatic carbocycles. The van der Waals surface area contributed by atoms with Gasteiger partial charge in [-0.25, -0.2) is 9.37 Å².